The van der Waals surface area contributed by atoms with Gasteiger partial charge >= 0.3 is 5.97 Å². The Kier molecular flexibility index (Phi) is 7.04. The van der Waals surface area contributed by atoms with Crippen LogP contribution in [-0.4, -0.2) is 36.7 Å². The molecule has 7 heteroatoms. The van der Waals surface area contributed by atoms with Gasteiger partial charge in [0.25, 0.3) is 5.91 Å². The molecule has 0 aliphatic rings. The van der Waals surface area contributed by atoms with Crippen molar-refractivity contribution in [1.29, 1.82) is 0 Å². The predicted molar refractivity (Wildman–Crippen MR) is 77.2 cm³/mol. The SMILES string of the molecule is O=C(O)CCOCCNC(=O)c1ccc(Br)cc1Br. The first-order chi connectivity index (χ1) is 9.00. The van der Waals surface area contributed by atoms with Crippen LogP contribution in [-0.2, 0) is 9.53 Å². The van der Waals surface area contributed by atoms with Crippen LogP contribution < -0.4 is 5.32 Å². The Balaban J connectivity index is 2.29. The zero-order chi connectivity index (χ0) is 14.3. The lowest BCUT2D eigenvalue weighted by atomic mass is 10.2. The maximum Gasteiger partial charge on any atom is 0.305 e. The summed E-state index contributed by atoms with van der Waals surface area (Å²) in [4.78, 5) is 22.0. The van der Waals surface area contributed by atoms with Gasteiger partial charge in [-0.15, -0.1) is 0 Å². The molecule has 0 bridgehead atoms. The summed E-state index contributed by atoms with van der Waals surface area (Å²) in [6, 6.07) is 5.27. The molecule has 0 unspecified atom stereocenters. The van der Waals surface area contributed by atoms with Crippen LogP contribution in [0.4, 0.5) is 0 Å². The maximum absolute atomic E-state index is 11.8. The van der Waals surface area contributed by atoms with E-state index in [1.807, 2.05) is 0 Å². The first-order valence-electron chi connectivity index (χ1n) is 5.53. The number of halogens is 2. The van der Waals surface area contributed by atoms with E-state index in [1.165, 1.54) is 0 Å². The van der Waals surface area contributed by atoms with E-state index >= 15 is 0 Å². The second-order valence-electron chi connectivity index (χ2n) is 3.64. The van der Waals surface area contributed by atoms with E-state index < -0.39 is 5.97 Å². The first-order valence-corrected chi connectivity index (χ1v) is 7.12. The summed E-state index contributed by atoms with van der Waals surface area (Å²) in [5.74, 6) is -1.11. The molecular formula is C12H13Br2NO4. The van der Waals surface area contributed by atoms with Crippen LogP contribution in [0.15, 0.2) is 27.1 Å². The molecule has 0 saturated heterocycles. The molecule has 104 valence electrons. The minimum atomic E-state index is -0.900. The van der Waals surface area contributed by atoms with E-state index in [0.29, 0.717) is 16.6 Å². The van der Waals surface area contributed by atoms with Crippen molar-refractivity contribution >= 4 is 43.7 Å². The predicted octanol–water partition coefficient (Wildman–Crippen LogP) is 2.43. The molecule has 0 heterocycles. The van der Waals surface area contributed by atoms with E-state index in [0.717, 1.165) is 4.47 Å². The third kappa shape index (κ3) is 6.17. The second-order valence-corrected chi connectivity index (χ2v) is 5.41. The minimum Gasteiger partial charge on any atom is -0.481 e. The molecule has 0 aliphatic heterocycles. The lowest BCUT2D eigenvalue weighted by Gasteiger charge is -2.07. The van der Waals surface area contributed by atoms with Gasteiger partial charge in [0.05, 0.1) is 25.2 Å². The van der Waals surface area contributed by atoms with Crippen molar-refractivity contribution in [2.45, 2.75) is 6.42 Å². The third-order valence-electron chi connectivity index (χ3n) is 2.17. The number of aliphatic carboxylic acids is 1. The number of hydrogen-bond donors (Lipinski definition) is 2. The molecule has 0 aliphatic carbocycles. The van der Waals surface area contributed by atoms with Crippen LogP contribution in [0.25, 0.3) is 0 Å². The van der Waals surface area contributed by atoms with Crippen molar-refractivity contribution < 1.29 is 19.4 Å². The normalized spacial score (nSPS) is 10.2. The van der Waals surface area contributed by atoms with Crippen LogP contribution in [0.3, 0.4) is 0 Å². The maximum atomic E-state index is 11.8. The second kappa shape index (κ2) is 8.29. The number of carboxylic acids is 1. The smallest absolute Gasteiger partial charge is 0.305 e. The molecule has 0 fully saturated rings. The number of ether oxygens (including phenoxy) is 1. The molecule has 0 saturated carbocycles. The minimum absolute atomic E-state index is 0.0355. The van der Waals surface area contributed by atoms with E-state index in [1.54, 1.807) is 18.2 Å². The Morgan fingerprint density at radius 2 is 2.00 bits per heavy atom. The fourth-order valence-corrected chi connectivity index (χ4v) is 2.49. The molecule has 0 radical (unpaired) electrons. The fraction of sp³-hybridized carbons (Fsp3) is 0.333. The van der Waals surface area contributed by atoms with Gasteiger partial charge in [-0.25, -0.2) is 0 Å². The van der Waals surface area contributed by atoms with Gasteiger partial charge in [-0.05, 0) is 34.1 Å². The van der Waals surface area contributed by atoms with Crippen molar-refractivity contribution in [1.82, 2.24) is 5.32 Å². The number of nitrogens with one attached hydrogen (secondary N) is 1. The Morgan fingerprint density at radius 1 is 1.26 bits per heavy atom. The van der Waals surface area contributed by atoms with E-state index in [-0.39, 0.29) is 25.5 Å². The number of amides is 1. The summed E-state index contributed by atoms with van der Waals surface area (Å²) in [5, 5.41) is 11.1. The fourth-order valence-electron chi connectivity index (χ4n) is 1.27. The topological polar surface area (TPSA) is 75.6 Å². The van der Waals surface area contributed by atoms with Crippen molar-refractivity contribution in [2.75, 3.05) is 19.8 Å². The molecule has 19 heavy (non-hydrogen) atoms. The van der Waals surface area contributed by atoms with E-state index in [9.17, 15) is 9.59 Å². The van der Waals surface area contributed by atoms with Gasteiger partial charge in [-0.2, -0.15) is 0 Å². The van der Waals surface area contributed by atoms with Gasteiger partial charge in [0.2, 0.25) is 0 Å². The molecular weight excluding hydrogens is 382 g/mol. The highest BCUT2D eigenvalue weighted by Crippen LogP contribution is 2.21. The summed E-state index contributed by atoms with van der Waals surface area (Å²) in [6.07, 6.45) is -0.0355. The summed E-state index contributed by atoms with van der Waals surface area (Å²) < 4.78 is 6.65. The van der Waals surface area contributed by atoms with Crippen molar-refractivity contribution in [3.63, 3.8) is 0 Å². The molecule has 5 nitrogen and oxygen atoms in total. The largest absolute Gasteiger partial charge is 0.481 e. The Morgan fingerprint density at radius 3 is 2.63 bits per heavy atom. The van der Waals surface area contributed by atoms with Gasteiger partial charge in [0.15, 0.2) is 0 Å². The summed E-state index contributed by atoms with van der Waals surface area (Å²) in [5.41, 5.74) is 0.536. The average molecular weight is 395 g/mol. The number of carbonyl (C=O) groups excluding carboxylic acids is 1. The van der Waals surface area contributed by atoms with Gasteiger partial charge in [0.1, 0.15) is 0 Å². The van der Waals surface area contributed by atoms with Gasteiger partial charge in [-0.1, -0.05) is 15.9 Å². The molecule has 2 N–H and O–H groups in total. The molecule has 1 aromatic rings. The Hall–Kier alpha value is -0.920. The van der Waals surface area contributed by atoms with Crippen LogP contribution >= 0.6 is 31.9 Å². The third-order valence-corrected chi connectivity index (χ3v) is 3.32. The number of benzene rings is 1. The zero-order valence-electron chi connectivity index (χ0n) is 9.99. The first kappa shape index (κ1) is 16.1. The van der Waals surface area contributed by atoms with Crippen molar-refractivity contribution in [3.8, 4) is 0 Å². The Labute approximate surface area is 127 Å². The van der Waals surface area contributed by atoms with Crippen molar-refractivity contribution in [3.05, 3.63) is 32.7 Å². The lowest BCUT2D eigenvalue weighted by molar-refractivity contribution is -0.138. The van der Waals surface area contributed by atoms with Gasteiger partial charge < -0.3 is 15.2 Å². The Bertz CT molecular complexity index is 465. The molecule has 1 aromatic carbocycles. The monoisotopic (exact) mass is 393 g/mol. The van der Waals surface area contributed by atoms with Crippen LogP contribution in [0, 0.1) is 0 Å². The molecule has 0 spiro atoms. The van der Waals surface area contributed by atoms with Crippen LogP contribution in [0.2, 0.25) is 0 Å². The molecule has 0 aromatic heterocycles. The number of rotatable bonds is 7. The summed E-state index contributed by atoms with van der Waals surface area (Å²) in [7, 11) is 0. The molecule has 1 rings (SSSR count). The number of carboxylic acid groups (broad SMARTS) is 1. The number of hydrogen-bond acceptors (Lipinski definition) is 3. The highest BCUT2D eigenvalue weighted by atomic mass is 79.9. The molecule has 1 amide bonds. The van der Waals surface area contributed by atoms with Crippen molar-refractivity contribution in [2.24, 2.45) is 0 Å². The summed E-state index contributed by atoms with van der Waals surface area (Å²) >= 11 is 6.62. The van der Waals surface area contributed by atoms with Crippen LogP contribution in [0.5, 0.6) is 0 Å². The molecule has 0 atom stereocenters. The zero-order valence-corrected chi connectivity index (χ0v) is 13.2. The van der Waals surface area contributed by atoms with Crippen LogP contribution in [0.1, 0.15) is 16.8 Å². The quantitative estimate of drug-likeness (QED) is 0.696. The summed E-state index contributed by atoms with van der Waals surface area (Å²) in [6.45, 7) is 0.765. The lowest BCUT2D eigenvalue weighted by Crippen LogP contribution is -2.27. The van der Waals surface area contributed by atoms with E-state index in [2.05, 4.69) is 37.2 Å². The van der Waals surface area contributed by atoms with E-state index in [4.69, 9.17) is 9.84 Å². The van der Waals surface area contributed by atoms with Gasteiger partial charge in [0, 0.05) is 15.5 Å². The highest BCUT2D eigenvalue weighted by molar-refractivity contribution is 9.11. The highest BCUT2D eigenvalue weighted by Gasteiger charge is 2.09. The number of carbonyl (C=O) groups is 2. The average Bonchev–Trinajstić information content (AvgIpc) is 2.32. The standard InChI is InChI=1S/C12H13Br2NO4/c13-8-1-2-9(10(14)7-8)12(18)15-4-6-19-5-3-11(16)17/h1-2,7H,3-6H2,(H,15,18)(H,16,17). The van der Waals surface area contributed by atoms with Gasteiger partial charge in [-0.3, -0.25) is 9.59 Å².